The Hall–Kier alpha value is -3.57. The molecular formula is C27H26ClFN4O5S. The SMILES string of the molecule is CCOC(=O)Cc1coc(C2CCC(C3=C(C(=O)O)C(c4ccc(F)cc4Cl)N=C(c4nccs4)N3)CC2)n1. The summed E-state index contributed by atoms with van der Waals surface area (Å²) < 4.78 is 24.5. The third-order valence-electron chi connectivity index (χ3n) is 6.88. The Kier molecular flexibility index (Phi) is 8.08. The molecule has 0 radical (unpaired) electrons. The predicted molar refractivity (Wildman–Crippen MR) is 142 cm³/mol. The van der Waals surface area contributed by atoms with Gasteiger partial charge < -0.3 is 19.6 Å². The van der Waals surface area contributed by atoms with Gasteiger partial charge in [-0.05, 0) is 50.7 Å². The van der Waals surface area contributed by atoms with Crippen LogP contribution in [-0.4, -0.2) is 39.5 Å². The first-order chi connectivity index (χ1) is 18.8. The number of carbonyl (C=O) groups is 2. The summed E-state index contributed by atoms with van der Waals surface area (Å²) in [5.74, 6) is -1.03. The standard InChI is InChI=1S/C27H26ClFN4O5S/c1-2-37-20(34)12-17-13-38-25(31-17)15-5-3-14(4-6-15)22-21(27(35)36)23(18-8-7-16(29)11-19(18)28)33-24(32-22)26-30-9-10-39-26/h7-11,13-15,23H,2-6,12H2,1H3,(H,32,33)(H,35,36). The van der Waals surface area contributed by atoms with Crippen molar-refractivity contribution in [1.82, 2.24) is 15.3 Å². The van der Waals surface area contributed by atoms with Crippen LogP contribution in [0.2, 0.25) is 5.02 Å². The summed E-state index contributed by atoms with van der Waals surface area (Å²) in [6, 6.07) is 2.96. The maximum atomic E-state index is 13.8. The van der Waals surface area contributed by atoms with Crippen molar-refractivity contribution in [2.75, 3.05) is 6.61 Å². The molecule has 204 valence electrons. The number of hydrogen-bond donors (Lipinski definition) is 2. The van der Waals surface area contributed by atoms with E-state index < -0.39 is 17.8 Å². The molecule has 9 nitrogen and oxygen atoms in total. The third-order valence-corrected chi connectivity index (χ3v) is 7.99. The Morgan fingerprint density at radius 1 is 1.26 bits per heavy atom. The van der Waals surface area contributed by atoms with E-state index in [1.54, 1.807) is 13.1 Å². The van der Waals surface area contributed by atoms with Crippen molar-refractivity contribution in [2.24, 2.45) is 10.9 Å². The molecule has 0 bridgehead atoms. The molecule has 12 heteroatoms. The molecule has 1 unspecified atom stereocenters. The highest BCUT2D eigenvalue weighted by atomic mass is 35.5. The van der Waals surface area contributed by atoms with E-state index in [0.29, 0.717) is 66.0 Å². The zero-order chi connectivity index (χ0) is 27.5. The number of allylic oxidation sites excluding steroid dienone is 1. The van der Waals surface area contributed by atoms with Crippen LogP contribution in [0.4, 0.5) is 4.39 Å². The number of nitrogens with one attached hydrogen (secondary N) is 1. The van der Waals surface area contributed by atoms with Gasteiger partial charge in [0.1, 0.15) is 18.1 Å². The number of aliphatic imine (C=N–C) groups is 1. The van der Waals surface area contributed by atoms with Gasteiger partial charge in [-0.2, -0.15) is 0 Å². The van der Waals surface area contributed by atoms with Crippen molar-refractivity contribution in [3.8, 4) is 0 Å². The minimum Gasteiger partial charge on any atom is -0.478 e. The number of carbonyl (C=O) groups excluding carboxylic acids is 1. The van der Waals surface area contributed by atoms with Crippen molar-refractivity contribution >= 4 is 40.7 Å². The van der Waals surface area contributed by atoms with Crippen LogP contribution in [0.15, 0.2) is 56.7 Å². The van der Waals surface area contributed by atoms with Crippen molar-refractivity contribution < 1.29 is 28.2 Å². The summed E-state index contributed by atoms with van der Waals surface area (Å²) in [6.45, 7) is 2.05. The van der Waals surface area contributed by atoms with Crippen molar-refractivity contribution in [3.05, 3.63) is 80.3 Å². The van der Waals surface area contributed by atoms with Crippen LogP contribution in [0.3, 0.4) is 0 Å². The smallest absolute Gasteiger partial charge is 0.335 e. The molecule has 1 fully saturated rings. The Bertz CT molecular complexity index is 1430. The van der Waals surface area contributed by atoms with E-state index in [0.717, 1.165) is 6.07 Å². The number of hydrogen-bond acceptors (Lipinski definition) is 9. The van der Waals surface area contributed by atoms with Crippen molar-refractivity contribution in [1.29, 1.82) is 0 Å². The fourth-order valence-electron chi connectivity index (χ4n) is 5.10. The Morgan fingerprint density at radius 2 is 2.03 bits per heavy atom. The molecule has 3 aromatic rings. The van der Waals surface area contributed by atoms with E-state index in [1.807, 2.05) is 5.38 Å². The molecule has 1 saturated carbocycles. The fourth-order valence-corrected chi connectivity index (χ4v) is 5.96. The van der Waals surface area contributed by atoms with E-state index in [4.69, 9.17) is 20.8 Å². The first-order valence-electron chi connectivity index (χ1n) is 12.6. The summed E-state index contributed by atoms with van der Waals surface area (Å²) in [7, 11) is 0. The third kappa shape index (κ3) is 5.89. The fraction of sp³-hybridized carbons (Fsp3) is 0.370. The average Bonchev–Trinajstić information content (AvgIpc) is 3.61. The molecule has 1 aliphatic carbocycles. The highest BCUT2D eigenvalue weighted by Gasteiger charge is 2.38. The maximum Gasteiger partial charge on any atom is 0.335 e. The highest BCUT2D eigenvalue weighted by Crippen LogP contribution is 2.43. The number of amidine groups is 1. The number of carboxylic acids is 1. The van der Waals surface area contributed by atoms with Gasteiger partial charge in [-0.15, -0.1) is 11.3 Å². The van der Waals surface area contributed by atoms with Gasteiger partial charge in [0.2, 0.25) is 0 Å². The molecule has 3 heterocycles. The summed E-state index contributed by atoms with van der Waals surface area (Å²) >= 11 is 7.75. The maximum absolute atomic E-state index is 13.8. The molecular weight excluding hydrogens is 547 g/mol. The minimum atomic E-state index is -1.12. The average molecular weight is 573 g/mol. The second kappa shape index (κ2) is 11.7. The predicted octanol–water partition coefficient (Wildman–Crippen LogP) is 5.43. The van der Waals surface area contributed by atoms with Gasteiger partial charge in [-0.1, -0.05) is 17.7 Å². The lowest BCUT2D eigenvalue weighted by Crippen LogP contribution is -2.37. The van der Waals surface area contributed by atoms with Crippen LogP contribution in [0.1, 0.15) is 66.7 Å². The number of oxazole rings is 1. The van der Waals surface area contributed by atoms with Crippen molar-refractivity contribution in [2.45, 2.75) is 51.0 Å². The zero-order valence-corrected chi connectivity index (χ0v) is 22.6. The van der Waals surface area contributed by atoms with Gasteiger partial charge in [0.05, 0.1) is 24.3 Å². The number of rotatable bonds is 8. The molecule has 1 atom stereocenters. The topological polar surface area (TPSA) is 127 Å². The van der Waals surface area contributed by atoms with E-state index in [1.165, 1.54) is 29.7 Å². The largest absolute Gasteiger partial charge is 0.478 e. The monoisotopic (exact) mass is 572 g/mol. The Balaban J connectivity index is 1.41. The van der Waals surface area contributed by atoms with Gasteiger partial charge in [0, 0.05) is 33.8 Å². The number of esters is 1. The Morgan fingerprint density at radius 3 is 2.69 bits per heavy atom. The number of halogens is 2. The molecule has 2 N–H and O–H groups in total. The number of thiazole rings is 1. The summed E-state index contributed by atoms with van der Waals surface area (Å²) in [5.41, 5.74) is 1.58. The Labute approximate surface area is 232 Å². The molecule has 39 heavy (non-hydrogen) atoms. The van der Waals surface area contributed by atoms with Crippen molar-refractivity contribution in [3.63, 3.8) is 0 Å². The molecule has 0 saturated heterocycles. The molecule has 1 aliphatic heterocycles. The molecule has 0 spiro atoms. The number of nitrogens with zero attached hydrogens (tertiary/aromatic N) is 3. The van der Waals surface area contributed by atoms with E-state index in [9.17, 15) is 19.1 Å². The quantitative estimate of drug-likeness (QED) is 0.342. The molecule has 1 aromatic carbocycles. The van der Waals surface area contributed by atoms with Crippen LogP contribution in [-0.2, 0) is 20.7 Å². The van der Waals surface area contributed by atoms with Gasteiger partial charge in [-0.25, -0.2) is 19.2 Å². The molecule has 5 rings (SSSR count). The second-order valence-electron chi connectivity index (χ2n) is 9.35. The minimum absolute atomic E-state index is 0.0455. The van der Waals surface area contributed by atoms with E-state index in [-0.39, 0.29) is 34.8 Å². The summed E-state index contributed by atoms with van der Waals surface area (Å²) in [4.78, 5) is 37.9. The lowest BCUT2D eigenvalue weighted by Gasteiger charge is -2.34. The van der Waals surface area contributed by atoms with Crippen LogP contribution >= 0.6 is 22.9 Å². The normalized spacial score (nSPS) is 21.3. The number of benzene rings is 1. The van der Waals surface area contributed by atoms with Gasteiger partial charge in [0.15, 0.2) is 16.7 Å². The van der Waals surface area contributed by atoms with Gasteiger partial charge in [0.25, 0.3) is 0 Å². The van der Waals surface area contributed by atoms with Crippen LogP contribution < -0.4 is 5.32 Å². The highest BCUT2D eigenvalue weighted by molar-refractivity contribution is 7.11. The van der Waals surface area contributed by atoms with Gasteiger partial charge in [-0.3, -0.25) is 9.79 Å². The number of aliphatic carboxylic acids is 1. The van der Waals surface area contributed by atoms with Crippen LogP contribution in [0.25, 0.3) is 0 Å². The number of aromatic nitrogens is 2. The first-order valence-corrected chi connectivity index (χ1v) is 13.9. The van der Waals surface area contributed by atoms with Crippen LogP contribution in [0.5, 0.6) is 0 Å². The molecule has 2 aliphatic rings. The zero-order valence-electron chi connectivity index (χ0n) is 21.0. The van der Waals surface area contributed by atoms with Crippen LogP contribution in [0, 0.1) is 11.7 Å². The number of ether oxygens (including phenoxy) is 1. The van der Waals surface area contributed by atoms with E-state index in [2.05, 4.69) is 20.3 Å². The summed E-state index contributed by atoms with van der Waals surface area (Å²) in [5, 5.41) is 16.1. The molecule has 0 amide bonds. The first kappa shape index (κ1) is 27.0. The number of carboxylic acid groups (broad SMARTS) is 1. The summed E-state index contributed by atoms with van der Waals surface area (Å²) in [6.07, 6.45) is 5.97. The lowest BCUT2D eigenvalue weighted by atomic mass is 9.78. The van der Waals surface area contributed by atoms with E-state index >= 15 is 0 Å². The molecule has 2 aromatic heterocycles. The second-order valence-corrected chi connectivity index (χ2v) is 10.7. The van der Waals surface area contributed by atoms with Gasteiger partial charge >= 0.3 is 11.9 Å². The lowest BCUT2D eigenvalue weighted by molar-refractivity contribution is -0.142.